The molecule has 5 heteroatoms. The summed E-state index contributed by atoms with van der Waals surface area (Å²) in [4.78, 5) is 0. The molecule has 18 heavy (non-hydrogen) atoms. The Morgan fingerprint density at radius 1 is 1.44 bits per heavy atom. The second-order valence-electron chi connectivity index (χ2n) is 5.57. The van der Waals surface area contributed by atoms with Crippen molar-refractivity contribution in [2.75, 3.05) is 13.2 Å². The lowest BCUT2D eigenvalue weighted by molar-refractivity contribution is 0.0359. The van der Waals surface area contributed by atoms with Crippen molar-refractivity contribution in [1.29, 1.82) is 0 Å². The van der Waals surface area contributed by atoms with E-state index in [0.717, 1.165) is 44.2 Å². The molecular formula is C13H22N4O. The van der Waals surface area contributed by atoms with Gasteiger partial charge in [-0.15, -0.1) is 10.2 Å². The molecular weight excluding hydrogens is 228 g/mol. The first-order valence-electron chi connectivity index (χ1n) is 7.01. The number of ether oxygens (including phenoxy) is 1. The molecule has 0 aromatic carbocycles. The van der Waals surface area contributed by atoms with Crippen molar-refractivity contribution >= 4 is 0 Å². The summed E-state index contributed by atoms with van der Waals surface area (Å²) in [5.41, 5.74) is 0. The van der Waals surface area contributed by atoms with Crippen LogP contribution in [0.5, 0.6) is 0 Å². The van der Waals surface area contributed by atoms with Gasteiger partial charge >= 0.3 is 0 Å². The highest BCUT2D eigenvalue weighted by Gasteiger charge is 2.27. The second kappa shape index (κ2) is 4.97. The van der Waals surface area contributed by atoms with Gasteiger partial charge in [-0.1, -0.05) is 6.92 Å². The molecule has 100 valence electrons. The molecule has 1 saturated heterocycles. The Morgan fingerprint density at radius 3 is 3.17 bits per heavy atom. The zero-order chi connectivity index (χ0) is 12.5. The van der Waals surface area contributed by atoms with E-state index in [0.29, 0.717) is 12.0 Å². The summed E-state index contributed by atoms with van der Waals surface area (Å²) in [6.45, 7) is 7.25. The van der Waals surface area contributed by atoms with Crippen molar-refractivity contribution in [3.63, 3.8) is 0 Å². The summed E-state index contributed by atoms with van der Waals surface area (Å²) in [5.74, 6) is 2.82. The second-order valence-corrected chi connectivity index (χ2v) is 5.57. The van der Waals surface area contributed by atoms with Crippen molar-refractivity contribution in [3.05, 3.63) is 11.6 Å². The minimum absolute atomic E-state index is 0.273. The SMILES string of the molecule is CC(NC1CCOCC1C)c1nnc2n1CCC2. The number of hydrogen-bond donors (Lipinski definition) is 1. The third-order valence-electron chi connectivity index (χ3n) is 4.13. The van der Waals surface area contributed by atoms with Crippen molar-refractivity contribution in [2.24, 2.45) is 5.92 Å². The van der Waals surface area contributed by atoms with Crippen LogP contribution in [0.3, 0.4) is 0 Å². The molecule has 5 nitrogen and oxygen atoms in total. The van der Waals surface area contributed by atoms with Crippen LogP contribution in [0.2, 0.25) is 0 Å². The van der Waals surface area contributed by atoms with Crippen LogP contribution in [-0.2, 0) is 17.7 Å². The smallest absolute Gasteiger partial charge is 0.149 e. The van der Waals surface area contributed by atoms with Gasteiger partial charge in [-0.3, -0.25) is 0 Å². The lowest BCUT2D eigenvalue weighted by Gasteiger charge is -2.31. The van der Waals surface area contributed by atoms with Gasteiger partial charge in [0.15, 0.2) is 0 Å². The molecule has 0 aliphatic carbocycles. The summed E-state index contributed by atoms with van der Waals surface area (Å²) in [7, 11) is 0. The summed E-state index contributed by atoms with van der Waals surface area (Å²) >= 11 is 0. The quantitative estimate of drug-likeness (QED) is 0.878. The number of rotatable bonds is 3. The number of aromatic nitrogens is 3. The summed E-state index contributed by atoms with van der Waals surface area (Å²) in [6.07, 6.45) is 3.37. The molecule has 0 radical (unpaired) electrons. The van der Waals surface area contributed by atoms with E-state index in [2.05, 4.69) is 33.9 Å². The van der Waals surface area contributed by atoms with Gasteiger partial charge < -0.3 is 14.6 Å². The molecule has 1 aromatic rings. The van der Waals surface area contributed by atoms with Gasteiger partial charge in [0.1, 0.15) is 11.6 Å². The van der Waals surface area contributed by atoms with Crippen molar-refractivity contribution < 1.29 is 4.74 Å². The van der Waals surface area contributed by atoms with Gasteiger partial charge in [0.25, 0.3) is 0 Å². The fraction of sp³-hybridized carbons (Fsp3) is 0.846. The molecule has 2 aliphatic rings. The first-order valence-corrected chi connectivity index (χ1v) is 7.01. The maximum atomic E-state index is 5.49. The number of nitrogens with zero attached hydrogens (tertiary/aromatic N) is 3. The number of aryl methyl sites for hydroxylation is 1. The normalized spacial score (nSPS) is 29.2. The van der Waals surface area contributed by atoms with E-state index in [1.54, 1.807) is 0 Å². The van der Waals surface area contributed by atoms with Crippen LogP contribution in [0.4, 0.5) is 0 Å². The van der Waals surface area contributed by atoms with Crippen LogP contribution >= 0.6 is 0 Å². The van der Waals surface area contributed by atoms with E-state index in [1.807, 2.05) is 0 Å². The molecule has 1 aromatic heterocycles. The van der Waals surface area contributed by atoms with Crippen molar-refractivity contribution in [1.82, 2.24) is 20.1 Å². The third kappa shape index (κ3) is 2.17. The summed E-state index contributed by atoms with van der Waals surface area (Å²) in [5, 5.41) is 12.3. The van der Waals surface area contributed by atoms with Crippen LogP contribution in [0.15, 0.2) is 0 Å². The van der Waals surface area contributed by atoms with E-state index < -0.39 is 0 Å². The first kappa shape index (κ1) is 12.1. The Hall–Kier alpha value is -0.940. The highest BCUT2D eigenvalue weighted by molar-refractivity contribution is 5.04. The van der Waals surface area contributed by atoms with Gasteiger partial charge in [0.05, 0.1) is 12.6 Å². The van der Waals surface area contributed by atoms with E-state index >= 15 is 0 Å². The Morgan fingerprint density at radius 2 is 2.33 bits per heavy atom. The van der Waals surface area contributed by atoms with Crippen LogP contribution in [0, 0.1) is 5.92 Å². The Kier molecular flexibility index (Phi) is 3.35. The van der Waals surface area contributed by atoms with Crippen LogP contribution in [0.1, 0.15) is 44.4 Å². The minimum atomic E-state index is 0.273. The average molecular weight is 250 g/mol. The zero-order valence-corrected chi connectivity index (χ0v) is 11.2. The minimum Gasteiger partial charge on any atom is -0.381 e. The Labute approximate surface area is 108 Å². The third-order valence-corrected chi connectivity index (χ3v) is 4.13. The predicted octanol–water partition coefficient (Wildman–Crippen LogP) is 1.30. The average Bonchev–Trinajstić information content (AvgIpc) is 2.93. The van der Waals surface area contributed by atoms with Crippen molar-refractivity contribution in [3.8, 4) is 0 Å². The van der Waals surface area contributed by atoms with Crippen LogP contribution in [-0.4, -0.2) is 34.0 Å². The van der Waals surface area contributed by atoms with Crippen LogP contribution < -0.4 is 5.32 Å². The summed E-state index contributed by atoms with van der Waals surface area (Å²) in [6, 6.07) is 0.804. The lowest BCUT2D eigenvalue weighted by Crippen LogP contribution is -2.43. The molecule has 0 spiro atoms. The van der Waals surface area contributed by atoms with Gasteiger partial charge in [0.2, 0.25) is 0 Å². The number of fused-ring (bicyclic) bond motifs is 1. The first-order chi connectivity index (χ1) is 8.75. The van der Waals surface area contributed by atoms with E-state index in [1.165, 1.54) is 6.42 Å². The molecule has 0 amide bonds. The number of nitrogens with one attached hydrogen (secondary N) is 1. The molecule has 3 unspecified atom stereocenters. The fourth-order valence-electron chi connectivity index (χ4n) is 3.02. The van der Waals surface area contributed by atoms with E-state index in [-0.39, 0.29) is 6.04 Å². The fourth-order valence-corrected chi connectivity index (χ4v) is 3.02. The maximum absolute atomic E-state index is 5.49. The van der Waals surface area contributed by atoms with Gasteiger partial charge in [-0.05, 0) is 25.7 Å². The molecule has 2 aliphatic heterocycles. The highest BCUT2D eigenvalue weighted by Crippen LogP contribution is 2.22. The molecule has 3 rings (SSSR count). The van der Waals surface area contributed by atoms with Crippen molar-refractivity contribution in [2.45, 2.75) is 51.7 Å². The van der Waals surface area contributed by atoms with Gasteiger partial charge in [-0.2, -0.15) is 0 Å². The van der Waals surface area contributed by atoms with E-state index in [9.17, 15) is 0 Å². The number of hydrogen-bond acceptors (Lipinski definition) is 4. The summed E-state index contributed by atoms with van der Waals surface area (Å²) < 4.78 is 7.76. The predicted molar refractivity (Wildman–Crippen MR) is 68.3 cm³/mol. The monoisotopic (exact) mass is 250 g/mol. The molecule has 0 saturated carbocycles. The molecule has 3 heterocycles. The lowest BCUT2D eigenvalue weighted by atomic mass is 9.97. The van der Waals surface area contributed by atoms with E-state index in [4.69, 9.17) is 4.74 Å². The Balaban J connectivity index is 1.68. The standard InChI is InChI=1S/C13H22N4O/c1-9-8-18-7-5-11(9)14-10(2)13-16-15-12-4-3-6-17(12)13/h9-11,14H,3-8H2,1-2H3. The van der Waals surface area contributed by atoms with Gasteiger partial charge in [-0.25, -0.2) is 0 Å². The zero-order valence-electron chi connectivity index (χ0n) is 11.2. The molecule has 0 bridgehead atoms. The largest absolute Gasteiger partial charge is 0.381 e. The topological polar surface area (TPSA) is 52.0 Å². The molecule has 1 N–H and O–H groups in total. The molecule has 1 fully saturated rings. The highest BCUT2D eigenvalue weighted by atomic mass is 16.5. The van der Waals surface area contributed by atoms with Gasteiger partial charge in [0, 0.05) is 25.6 Å². The van der Waals surface area contributed by atoms with Crippen LogP contribution in [0.25, 0.3) is 0 Å². The maximum Gasteiger partial charge on any atom is 0.149 e. The Bertz CT molecular complexity index is 417. The molecule has 3 atom stereocenters.